The molecule has 0 N–H and O–H groups in total. The van der Waals surface area contributed by atoms with Gasteiger partial charge in [0.1, 0.15) is 5.75 Å². The van der Waals surface area contributed by atoms with Gasteiger partial charge in [-0.2, -0.15) is 0 Å². The van der Waals surface area contributed by atoms with Gasteiger partial charge in [-0.1, -0.05) is 36.3 Å². The van der Waals surface area contributed by atoms with E-state index in [4.69, 9.17) is 11.2 Å². The Hall–Kier alpha value is -1.94. The van der Waals surface area contributed by atoms with Gasteiger partial charge in [-0.3, -0.25) is 0 Å². The highest BCUT2D eigenvalue weighted by Gasteiger charge is 2.06. The Balaban J connectivity index is 2.59. The van der Waals surface area contributed by atoms with Crippen LogP contribution < -0.4 is 4.74 Å². The molecule has 0 aliphatic rings. The van der Waals surface area contributed by atoms with Crippen LogP contribution in [0, 0.1) is 12.3 Å². The zero-order valence-electron chi connectivity index (χ0n) is 9.29. The van der Waals surface area contributed by atoms with Gasteiger partial charge in [-0.05, 0) is 29.7 Å². The van der Waals surface area contributed by atoms with E-state index >= 15 is 0 Å². The maximum Gasteiger partial charge on any atom is 0.122 e. The monoisotopic (exact) mass is 209 g/mol. The molecule has 0 saturated heterocycles. The predicted octanol–water partition coefficient (Wildman–Crippen LogP) is 3.37. The summed E-state index contributed by atoms with van der Waals surface area (Å²) in [6.07, 6.45) is 8.43. The van der Waals surface area contributed by atoms with Gasteiger partial charge in [0, 0.05) is 12.0 Å². The zero-order valence-corrected chi connectivity index (χ0v) is 9.29. The molecule has 0 aromatic heterocycles. The number of benzene rings is 2. The van der Waals surface area contributed by atoms with Gasteiger partial charge in [0.15, 0.2) is 0 Å². The van der Waals surface area contributed by atoms with Crippen LogP contribution in [0.2, 0.25) is 0 Å². The molecule has 0 atom stereocenters. The summed E-state index contributed by atoms with van der Waals surface area (Å²) in [6, 6.07) is 12.3. The van der Waals surface area contributed by atoms with Crippen molar-refractivity contribution < 1.29 is 4.74 Å². The van der Waals surface area contributed by atoms with E-state index in [9.17, 15) is 0 Å². The first-order chi connectivity index (χ1) is 7.86. The molecule has 0 aliphatic heterocycles. The van der Waals surface area contributed by atoms with Crippen LogP contribution in [-0.2, 0) is 6.42 Å². The van der Waals surface area contributed by atoms with Crippen LogP contribution >= 0.6 is 0 Å². The van der Waals surface area contributed by atoms with E-state index in [-0.39, 0.29) is 0 Å². The predicted molar refractivity (Wildman–Crippen MR) is 66.0 cm³/mol. The smallest absolute Gasteiger partial charge is 0.122 e. The van der Waals surface area contributed by atoms with Crippen molar-refractivity contribution >= 4 is 10.8 Å². The first-order valence-corrected chi connectivity index (χ1v) is 5.31. The molecule has 0 saturated carbocycles. The minimum absolute atomic E-state index is 0.629. The summed E-state index contributed by atoms with van der Waals surface area (Å²) in [6.45, 7) is 0. The third-order valence-electron chi connectivity index (χ3n) is 2.72. The Morgan fingerprint density at radius 3 is 2.75 bits per heavy atom. The molecule has 2 aromatic carbocycles. The molecule has 2 rings (SSSR count). The number of fused-ring (bicyclic) bond motifs is 1. The van der Waals surface area contributed by atoms with Gasteiger partial charge in [0.25, 0.3) is 0 Å². The van der Waals surface area contributed by atoms with Gasteiger partial charge in [0.2, 0.25) is 0 Å². The molecular formula is C15H13O. The number of aryl methyl sites for hydroxylation is 1. The number of ether oxygens (including phenoxy) is 1. The molecule has 0 heterocycles. The molecule has 0 bridgehead atoms. The molecule has 1 radical (unpaired) electrons. The Labute approximate surface area is 96.1 Å². The highest BCUT2D eigenvalue weighted by atomic mass is 16.5. The fourth-order valence-electron chi connectivity index (χ4n) is 1.95. The van der Waals surface area contributed by atoms with E-state index < -0.39 is 0 Å². The van der Waals surface area contributed by atoms with E-state index in [0.717, 1.165) is 12.2 Å². The summed E-state index contributed by atoms with van der Waals surface area (Å²) in [5.74, 6) is 3.32. The maximum atomic E-state index is 7.00. The molecule has 2 aromatic rings. The molecular weight excluding hydrogens is 196 g/mol. The normalized spacial score (nSPS) is 10.0. The quantitative estimate of drug-likeness (QED) is 0.704. The molecule has 0 fully saturated rings. The molecule has 0 unspecified atom stereocenters. The molecule has 16 heavy (non-hydrogen) atoms. The van der Waals surface area contributed by atoms with Crippen molar-refractivity contribution in [3.8, 4) is 11.7 Å². The van der Waals surface area contributed by atoms with E-state index in [2.05, 4.69) is 24.1 Å². The summed E-state index contributed by atoms with van der Waals surface area (Å²) >= 11 is 0. The van der Waals surface area contributed by atoms with Crippen molar-refractivity contribution in [3.63, 3.8) is 0 Å². The first kappa shape index (κ1) is 10.6. The molecule has 0 aliphatic carbocycles. The van der Waals surface area contributed by atoms with Gasteiger partial charge in [-0.25, -0.2) is 0 Å². The third kappa shape index (κ3) is 1.87. The van der Waals surface area contributed by atoms with Crippen molar-refractivity contribution in [3.05, 3.63) is 48.4 Å². The second kappa shape index (κ2) is 4.72. The zero-order chi connectivity index (χ0) is 11.4. The van der Waals surface area contributed by atoms with Crippen molar-refractivity contribution in [2.75, 3.05) is 7.11 Å². The van der Waals surface area contributed by atoms with Crippen LogP contribution in [0.5, 0.6) is 5.75 Å². The van der Waals surface area contributed by atoms with Crippen LogP contribution in [0.15, 0.2) is 36.4 Å². The third-order valence-corrected chi connectivity index (χ3v) is 2.72. The van der Waals surface area contributed by atoms with E-state index in [1.165, 1.54) is 16.3 Å². The summed E-state index contributed by atoms with van der Waals surface area (Å²) in [7, 11) is 1.68. The molecule has 1 nitrogen and oxygen atoms in total. The summed E-state index contributed by atoms with van der Waals surface area (Å²) in [4.78, 5) is 0. The van der Waals surface area contributed by atoms with E-state index in [1.54, 1.807) is 7.11 Å². The molecule has 1 heteroatoms. The van der Waals surface area contributed by atoms with Crippen LogP contribution in [0.25, 0.3) is 10.8 Å². The standard InChI is InChI=1S/C15H13O/c1-3-4-8-14-13-9-6-5-7-12(13)10-11-15(14)16-2/h5-7,9-11H,4,8H2,2H3. The fraction of sp³-hybridized carbons (Fsp3) is 0.200. The van der Waals surface area contributed by atoms with E-state index in [1.807, 2.05) is 18.2 Å². The lowest BCUT2D eigenvalue weighted by Gasteiger charge is -2.10. The Morgan fingerprint density at radius 2 is 2.00 bits per heavy atom. The topological polar surface area (TPSA) is 9.23 Å². The largest absolute Gasteiger partial charge is 0.496 e. The Bertz CT molecular complexity index is 535. The minimum atomic E-state index is 0.629. The Kier molecular flexibility index (Phi) is 3.12. The SMILES string of the molecule is [C]#CCCc1c(OC)ccc2ccccc12. The first-order valence-electron chi connectivity index (χ1n) is 5.31. The lowest BCUT2D eigenvalue weighted by atomic mass is 10.00. The number of hydrogen-bond donors (Lipinski definition) is 0. The van der Waals surface area contributed by atoms with Crippen LogP contribution in [-0.4, -0.2) is 7.11 Å². The highest BCUT2D eigenvalue weighted by Crippen LogP contribution is 2.28. The van der Waals surface area contributed by atoms with Crippen molar-refractivity contribution in [1.82, 2.24) is 0 Å². The Morgan fingerprint density at radius 1 is 1.19 bits per heavy atom. The summed E-state index contributed by atoms with van der Waals surface area (Å²) < 4.78 is 5.36. The van der Waals surface area contributed by atoms with Gasteiger partial charge < -0.3 is 4.74 Å². The maximum absolute atomic E-state index is 7.00. The van der Waals surface area contributed by atoms with Crippen LogP contribution in [0.3, 0.4) is 0 Å². The van der Waals surface area contributed by atoms with Crippen LogP contribution in [0.1, 0.15) is 12.0 Å². The van der Waals surface area contributed by atoms with Crippen molar-refractivity contribution in [1.29, 1.82) is 0 Å². The fourth-order valence-corrected chi connectivity index (χ4v) is 1.95. The number of hydrogen-bond acceptors (Lipinski definition) is 1. The van der Waals surface area contributed by atoms with Crippen LogP contribution in [0.4, 0.5) is 0 Å². The molecule has 79 valence electrons. The number of methoxy groups -OCH3 is 1. The van der Waals surface area contributed by atoms with Crippen molar-refractivity contribution in [2.45, 2.75) is 12.8 Å². The van der Waals surface area contributed by atoms with Gasteiger partial charge in [-0.15, -0.1) is 0 Å². The van der Waals surface area contributed by atoms with Gasteiger partial charge >= 0.3 is 0 Å². The second-order valence-electron chi connectivity index (χ2n) is 3.64. The van der Waals surface area contributed by atoms with E-state index in [0.29, 0.717) is 6.42 Å². The van der Waals surface area contributed by atoms with Gasteiger partial charge in [0.05, 0.1) is 7.11 Å². The lowest BCUT2D eigenvalue weighted by molar-refractivity contribution is 0.410. The summed E-state index contributed by atoms with van der Waals surface area (Å²) in [5.41, 5.74) is 1.17. The average molecular weight is 209 g/mol. The van der Waals surface area contributed by atoms with Crippen molar-refractivity contribution in [2.24, 2.45) is 0 Å². The lowest BCUT2D eigenvalue weighted by Crippen LogP contribution is -1.93. The average Bonchev–Trinajstić information content (AvgIpc) is 2.35. The highest BCUT2D eigenvalue weighted by molar-refractivity contribution is 5.87. The minimum Gasteiger partial charge on any atom is -0.496 e. The molecule has 0 amide bonds. The molecule has 0 spiro atoms. The summed E-state index contributed by atoms with van der Waals surface area (Å²) in [5, 5.41) is 2.42. The second-order valence-corrected chi connectivity index (χ2v) is 3.64. The number of rotatable bonds is 3.